The van der Waals surface area contributed by atoms with Crippen molar-refractivity contribution in [3.8, 4) is 6.07 Å². The molecule has 3 nitrogen and oxygen atoms in total. The van der Waals surface area contributed by atoms with Crippen LogP contribution in [0.2, 0.25) is 0 Å². The summed E-state index contributed by atoms with van der Waals surface area (Å²) in [5.74, 6) is -0.410. The van der Waals surface area contributed by atoms with E-state index in [4.69, 9.17) is 10.00 Å². The van der Waals surface area contributed by atoms with Crippen molar-refractivity contribution in [1.82, 2.24) is 0 Å². The van der Waals surface area contributed by atoms with Crippen LogP contribution < -0.4 is 0 Å². The Morgan fingerprint density at radius 1 is 1.58 bits per heavy atom. The van der Waals surface area contributed by atoms with Crippen LogP contribution in [0.3, 0.4) is 0 Å². The quantitative estimate of drug-likeness (QED) is 0.587. The van der Waals surface area contributed by atoms with E-state index in [9.17, 15) is 4.79 Å². The first-order valence-electron chi connectivity index (χ1n) is 4.24. The molecule has 1 aliphatic rings. The lowest BCUT2D eigenvalue weighted by atomic mass is 9.81. The molecule has 1 aliphatic carbocycles. The zero-order chi connectivity index (χ0) is 9.19. The maximum absolute atomic E-state index is 11.1. The first-order valence-corrected chi connectivity index (χ1v) is 4.24. The average molecular weight is 167 g/mol. The lowest BCUT2D eigenvalue weighted by molar-refractivity contribution is -0.164. The Morgan fingerprint density at radius 3 is 2.42 bits per heavy atom. The largest absolute Gasteiger partial charge is 0.443 e. The van der Waals surface area contributed by atoms with Crippen molar-refractivity contribution in [2.75, 3.05) is 0 Å². The molecule has 0 radical (unpaired) electrons. The summed E-state index contributed by atoms with van der Waals surface area (Å²) in [4.78, 5) is 11.1. The Morgan fingerprint density at radius 2 is 2.17 bits per heavy atom. The number of nitrogens with zero attached hydrogens (tertiary/aromatic N) is 1. The lowest BCUT2D eigenvalue weighted by Gasteiger charge is -2.34. The van der Waals surface area contributed by atoms with Crippen LogP contribution >= 0.6 is 0 Å². The predicted molar refractivity (Wildman–Crippen MR) is 43.1 cm³/mol. The van der Waals surface area contributed by atoms with Gasteiger partial charge in [0.2, 0.25) is 0 Å². The summed E-state index contributed by atoms with van der Waals surface area (Å²) in [5, 5.41) is 8.74. The number of ether oxygens (including phenoxy) is 1. The van der Waals surface area contributed by atoms with E-state index in [0.717, 1.165) is 6.42 Å². The third kappa shape index (κ3) is 1.58. The van der Waals surface area contributed by atoms with Crippen molar-refractivity contribution >= 4 is 5.97 Å². The maximum Gasteiger partial charge on any atom is 0.309 e. The lowest BCUT2D eigenvalue weighted by Crippen LogP contribution is -2.41. The fourth-order valence-corrected chi connectivity index (χ4v) is 1.04. The second kappa shape index (κ2) is 3.14. The maximum atomic E-state index is 11.1. The highest BCUT2D eigenvalue weighted by atomic mass is 16.6. The molecule has 0 aliphatic heterocycles. The van der Waals surface area contributed by atoms with Crippen LogP contribution in [0.5, 0.6) is 0 Å². The van der Waals surface area contributed by atoms with Gasteiger partial charge in [-0.2, -0.15) is 5.26 Å². The van der Waals surface area contributed by atoms with E-state index in [0.29, 0.717) is 12.8 Å². The molecule has 0 amide bonds. The minimum atomic E-state index is -0.776. The summed E-state index contributed by atoms with van der Waals surface area (Å²) in [7, 11) is 0. The number of rotatable bonds is 2. The smallest absolute Gasteiger partial charge is 0.309 e. The monoisotopic (exact) mass is 167 g/mol. The third-order valence-corrected chi connectivity index (χ3v) is 2.13. The second-order valence-corrected chi connectivity index (χ2v) is 3.54. The van der Waals surface area contributed by atoms with Crippen LogP contribution in [-0.4, -0.2) is 11.6 Å². The van der Waals surface area contributed by atoms with E-state index in [-0.39, 0.29) is 11.9 Å². The van der Waals surface area contributed by atoms with Gasteiger partial charge in [0.25, 0.3) is 0 Å². The number of hydrogen-bond acceptors (Lipinski definition) is 3. The Hall–Kier alpha value is -1.04. The standard InChI is InChI=1S/C9H13NO2/c1-7(2)8(11)12-9(6-10)4-3-5-9/h7H,3-5H2,1-2H3. The molecule has 0 bridgehead atoms. The number of esters is 1. The van der Waals surface area contributed by atoms with E-state index in [1.54, 1.807) is 13.8 Å². The molecule has 0 spiro atoms. The van der Waals surface area contributed by atoms with Crippen LogP contribution in [0.25, 0.3) is 0 Å². The minimum Gasteiger partial charge on any atom is -0.443 e. The van der Waals surface area contributed by atoms with E-state index in [1.165, 1.54) is 0 Å². The topological polar surface area (TPSA) is 50.1 Å². The highest BCUT2D eigenvalue weighted by Crippen LogP contribution is 2.35. The zero-order valence-electron chi connectivity index (χ0n) is 7.46. The van der Waals surface area contributed by atoms with Gasteiger partial charge in [-0.3, -0.25) is 4.79 Å². The van der Waals surface area contributed by atoms with E-state index in [1.807, 2.05) is 0 Å². The van der Waals surface area contributed by atoms with Crippen molar-refractivity contribution < 1.29 is 9.53 Å². The van der Waals surface area contributed by atoms with Crippen LogP contribution in [-0.2, 0) is 9.53 Å². The molecular formula is C9H13NO2. The highest BCUT2D eigenvalue weighted by Gasteiger charge is 2.41. The van der Waals surface area contributed by atoms with E-state index >= 15 is 0 Å². The Balaban J connectivity index is 2.50. The average Bonchev–Trinajstić information content (AvgIpc) is 1.96. The van der Waals surface area contributed by atoms with Gasteiger partial charge in [-0.15, -0.1) is 0 Å². The fourth-order valence-electron chi connectivity index (χ4n) is 1.04. The summed E-state index contributed by atoms with van der Waals surface area (Å²) in [6.45, 7) is 3.54. The summed E-state index contributed by atoms with van der Waals surface area (Å²) < 4.78 is 5.08. The van der Waals surface area contributed by atoms with Crippen molar-refractivity contribution in [2.24, 2.45) is 5.92 Å². The van der Waals surface area contributed by atoms with Crippen LogP contribution in [0.4, 0.5) is 0 Å². The summed E-state index contributed by atoms with van der Waals surface area (Å²) in [6.07, 6.45) is 2.38. The summed E-state index contributed by atoms with van der Waals surface area (Å²) in [6, 6.07) is 2.06. The van der Waals surface area contributed by atoms with Crippen LogP contribution in [0.1, 0.15) is 33.1 Å². The molecule has 0 atom stereocenters. The summed E-state index contributed by atoms with van der Waals surface area (Å²) >= 11 is 0. The van der Waals surface area contributed by atoms with Gasteiger partial charge in [0.1, 0.15) is 6.07 Å². The molecule has 0 aromatic rings. The first-order chi connectivity index (χ1) is 5.59. The summed E-state index contributed by atoms with van der Waals surface area (Å²) in [5.41, 5.74) is -0.776. The molecule has 0 heterocycles. The van der Waals surface area contributed by atoms with Crippen molar-refractivity contribution in [3.05, 3.63) is 0 Å². The Labute approximate surface area is 72.3 Å². The van der Waals surface area contributed by atoms with Crippen molar-refractivity contribution in [1.29, 1.82) is 5.26 Å². The Bertz CT molecular complexity index is 223. The number of nitriles is 1. The van der Waals surface area contributed by atoms with Crippen molar-refractivity contribution in [2.45, 2.75) is 38.7 Å². The normalized spacial score (nSPS) is 19.5. The van der Waals surface area contributed by atoms with Gasteiger partial charge in [0.05, 0.1) is 5.92 Å². The molecule has 12 heavy (non-hydrogen) atoms. The highest BCUT2D eigenvalue weighted by molar-refractivity contribution is 5.72. The SMILES string of the molecule is CC(C)C(=O)OC1(C#N)CCC1. The molecule has 3 heteroatoms. The fraction of sp³-hybridized carbons (Fsp3) is 0.778. The number of carbonyl (C=O) groups excluding carboxylic acids is 1. The van der Waals surface area contributed by atoms with Crippen LogP contribution in [0, 0.1) is 17.2 Å². The minimum absolute atomic E-state index is 0.143. The van der Waals surface area contributed by atoms with E-state index < -0.39 is 5.60 Å². The third-order valence-electron chi connectivity index (χ3n) is 2.13. The molecule has 0 N–H and O–H groups in total. The molecular weight excluding hydrogens is 154 g/mol. The van der Waals surface area contributed by atoms with Gasteiger partial charge in [-0.25, -0.2) is 0 Å². The number of hydrogen-bond donors (Lipinski definition) is 0. The molecule has 0 saturated heterocycles. The molecule has 0 aromatic heterocycles. The van der Waals surface area contributed by atoms with Gasteiger partial charge in [0.15, 0.2) is 5.60 Å². The van der Waals surface area contributed by atoms with Gasteiger partial charge >= 0.3 is 5.97 Å². The van der Waals surface area contributed by atoms with Gasteiger partial charge in [-0.1, -0.05) is 13.8 Å². The molecule has 1 fully saturated rings. The molecule has 0 aromatic carbocycles. The van der Waals surface area contributed by atoms with E-state index in [2.05, 4.69) is 6.07 Å². The van der Waals surface area contributed by atoms with Crippen LogP contribution in [0.15, 0.2) is 0 Å². The second-order valence-electron chi connectivity index (χ2n) is 3.54. The van der Waals surface area contributed by atoms with Gasteiger partial charge in [-0.05, 0) is 6.42 Å². The first kappa shape index (κ1) is 9.05. The molecule has 1 saturated carbocycles. The predicted octanol–water partition coefficient (Wildman–Crippen LogP) is 1.63. The van der Waals surface area contributed by atoms with Gasteiger partial charge < -0.3 is 4.74 Å². The Kier molecular flexibility index (Phi) is 2.37. The molecule has 1 rings (SSSR count). The van der Waals surface area contributed by atoms with Crippen molar-refractivity contribution in [3.63, 3.8) is 0 Å². The molecule has 66 valence electrons. The van der Waals surface area contributed by atoms with Gasteiger partial charge in [0, 0.05) is 12.8 Å². The number of carbonyl (C=O) groups is 1. The zero-order valence-corrected chi connectivity index (χ0v) is 7.46. The molecule has 0 unspecified atom stereocenters.